The molecule has 0 aliphatic carbocycles. The zero-order valence-electron chi connectivity index (χ0n) is 16.3. The quantitative estimate of drug-likeness (QED) is 0.666. The highest BCUT2D eigenvalue weighted by molar-refractivity contribution is 7.09. The second-order valence-electron chi connectivity index (χ2n) is 7.37. The number of piperidine rings is 1. The van der Waals surface area contributed by atoms with Crippen LogP contribution in [0.15, 0.2) is 29.6 Å². The predicted molar refractivity (Wildman–Crippen MR) is 112 cm³/mol. The molecule has 1 aromatic heterocycles. The topological polar surface area (TPSA) is 88.3 Å². The molecule has 1 saturated heterocycles. The Morgan fingerprint density at radius 1 is 1.32 bits per heavy atom. The molecule has 3 rings (SSSR count). The number of amides is 2. The van der Waals surface area contributed by atoms with Crippen molar-refractivity contribution in [2.75, 3.05) is 26.2 Å². The SMILES string of the molecule is Cc1nc(-c2ccc(CC(=O)NCCCN3CCCC(C(N)=O)C3)cc2)cs1. The summed E-state index contributed by atoms with van der Waals surface area (Å²) >= 11 is 1.64. The fourth-order valence-corrected chi connectivity index (χ4v) is 4.18. The summed E-state index contributed by atoms with van der Waals surface area (Å²) < 4.78 is 0. The number of aryl methyl sites for hydroxylation is 1. The molecule has 0 radical (unpaired) electrons. The second kappa shape index (κ2) is 9.80. The largest absolute Gasteiger partial charge is 0.369 e. The molecule has 7 heteroatoms. The van der Waals surface area contributed by atoms with Crippen molar-refractivity contribution in [2.45, 2.75) is 32.6 Å². The van der Waals surface area contributed by atoms with Gasteiger partial charge in [-0.3, -0.25) is 9.59 Å². The number of carbonyl (C=O) groups excluding carboxylic acids is 2. The van der Waals surface area contributed by atoms with E-state index in [9.17, 15) is 9.59 Å². The summed E-state index contributed by atoms with van der Waals surface area (Å²) in [5, 5.41) is 6.08. The van der Waals surface area contributed by atoms with E-state index in [1.807, 2.05) is 36.6 Å². The Kier molecular flexibility index (Phi) is 7.17. The van der Waals surface area contributed by atoms with Crippen molar-refractivity contribution in [3.8, 4) is 11.3 Å². The van der Waals surface area contributed by atoms with Crippen LogP contribution in [0.4, 0.5) is 0 Å². The molecule has 1 aromatic carbocycles. The predicted octanol–water partition coefficient (Wildman–Crippen LogP) is 2.36. The molecular weight excluding hydrogens is 372 g/mol. The monoisotopic (exact) mass is 400 g/mol. The lowest BCUT2D eigenvalue weighted by Gasteiger charge is -2.31. The Labute approximate surface area is 170 Å². The molecule has 1 aliphatic rings. The Hall–Kier alpha value is -2.25. The average Bonchev–Trinajstić information content (AvgIpc) is 3.12. The van der Waals surface area contributed by atoms with E-state index >= 15 is 0 Å². The van der Waals surface area contributed by atoms with Gasteiger partial charge in [-0.2, -0.15) is 0 Å². The van der Waals surface area contributed by atoms with Gasteiger partial charge in [-0.15, -0.1) is 11.3 Å². The summed E-state index contributed by atoms with van der Waals surface area (Å²) in [5.74, 6) is -0.195. The number of carbonyl (C=O) groups is 2. The lowest BCUT2D eigenvalue weighted by atomic mass is 9.97. The number of nitrogens with one attached hydrogen (secondary N) is 1. The molecule has 2 amide bonds. The van der Waals surface area contributed by atoms with Gasteiger partial charge in [0.25, 0.3) is 0 Å². The number of benzene rings is 1. The first-order valence-corrected chi connectivity index (χ1v) is 10.7. The summed E-state index contributed by atoms with van der Waals surface area (Å²) in [7, 11) is 0. The highest BCUT2D eigenvalue weighted by Crippen LogP contribution is 2.22. The fraction of sp³-hybridized carbons (Fsp3) is 0.476. The number of rotatable bonds is 8. The standard InChI is InChI=1S/C21H28N4O2S/c1-15-24-19(14-28-15)17-7-5-16(6-8-17)12-20(26)23-9-3-11-25-10-2-4-18(13-25)21(22)27/h5-8,14,18H,2-4,9-13H2,1H3,(H2,22,27)(H,23,26). The number of hydrogen-bond donors (Lipinski definition) is 2. The summed E-state index contributed by atoms with van der Waals surface area (Å²) in [5.41, 5.74) is 8.46. The Morgan fingerprint density at radius 2 is 2.11 bits per heavy atom. The minimum atomic E-state index is -0.200. The zero-order chi connectivity index (χ0) is 19.9. The maximum atomic E-state index is 12.2. The average molecular weight is 401 g/mol. The maximum Gasteiger partial charge on any atom is 0.224 e. The number of hydrogen-bond acceptors (Lipinski definition) is 5. The lowest BCUT2D eigenvalue weighted by molar-refractivity contribution is -0.123. The smallest absolute Gasteiger partial charge is 0.224 e. The molecule has 3 N–H and O–H groups in total. The number of thiazole rings is 1. The summed E-state index contributed by atoms with van der Waals surface area (Å²) in [6.45, 7) is 5.27. The van der Waals surface area contributed by atoms with Crippen LogP contribution in [0, 0.1) is 12.8 Å². The molecule has 6 nitrogen and oxygen atoms in total. The molecular formula is C21H28N4O2S. The summed E-state index contributed by atoms with van der Waals surface area (Å²) in [6.07, 6.45) is 3.16. The Bertz CT molecular complexity index is 803. The lowest BCUT2D eigenvalue weighted by Crippen LogP contribution is -2.42. The van der Waals surface area contributed by atoms with Gasteiger partial charge in [0.15, 0.2) is 0 Å². The van der Waals surface area contributed by atoms with Crippen molar-refractivity contribution in [3.05, 3.63) is 40.2 Å². The van der Waals surface area contributed by atoms with Gasteiger partial charge >= 0.3 is 0 Å². The molecule has 1 unspecified atom stereocenters. The number of aromatic nitrogens is 1. The molecule has 2 aromatic rings. The third-order valence-corrected chi connectivity index (χ3v) is 5.89. The molecule has 28 heavy (non-hydrogen) atoms. The third-order valence-electron chi connectivity index (χ3n) is 5.11. The van der Waals surface area contributed by atoms with Crippen molar-refractivity contribution < 1.29 is 9.59 Å². The first kappa shape index (κ1) is 20.5. The molecule has 0 saturated carbocycles. The number of nitrogens with two attached hydrogens (primary N) is 1. The third kappa shape index (κ3) is 5.87. The summed E-state index contributed by atoms with van der Waals surface area (Å²) in [6, 6.07) is 8.01. The fourth-order valence-electron chi connectivity index (χ4n) is 3.56. The highest BCUT2D eigenvalue weighted by atomic mass is 32.1. The van der Waals surface area contributed by atoms with Crippen LogP contribution in [0.1, 0.15) is 29.8 Å². The van der Waals surface area contributed by atoms with E-state index in [-0.39, 0.29) is 17.7 Å². The van der Waals surface area contributed by atoms with Crippen molar-refractivity contribution in [3.63, 3.8) is 0 Å². The van der Waals surface area contributed by atoms with E-state index in [2.05, 4.69) is 15.2 Å². The van der Waals surface area contributed by atoms with Gasteiger partial charge in [0.1, 0.15) is 0 Å². The van der Waals surface area contributed by atoms with Gasteiger partial charge in [0.2, 0.25) is 11.8 Å². The molecule has 0 spiro atoms. The second-order valence-corrected chi connectivity index (χ2v) is 8.43. The number of likely N-dealkylation sites (tertiary alicyclic amines) is 1. The molecule has 150 valence electrons. The number of nitrogens with zero attached hydrogens (tertiary/aromatic N) is 2. The van der Waals surface area contributed by atoms with Crippen LogP contribution in [-0.2, 0) is 16.0 Å². The van der Waals surface area contributed by atoms with Gasteiger partial charge < -0.3 is 16.0 Å². The normalized spacial score (nSPS) is 17.4. The summed E-state index contributed by atoms with van der Waals surface area (Å²) in [4.78, 5) is 30.2. The van der Waals surface area contributed by atoms with Crippen LogP contribution in [0.2, 0.25) is 0 Å². The van der Waals surface area contributed by atoms with Crippen molar-refractivity contribution in [1.29, 1.82) is 0 Å². The van der Waals surface area contributed by atoms with Crippen molar-refractivity contribution in [2.24, 2.45) is 11.7 Å². The molecule has 1 aliphatic heterocycles. The minimum Gasteiger partial charge on any atom is -0.369 e. The van der Waals surface area contributed by atoms with E-state index < -0.39 is 0 Å². The van der Waals surface area contributed by atoms with Crippen LogP contribution in [0.3, 0.4) is 0 Å². The van der Waals surface area contributed by atoms with E-state index in [1.54, 1.807) is 11.3 Å². The van der Waals surface area contributed by atoms with Gasteiger partial charge in [-0.25, -0.2) is 4.98 Å². The van der Waals surface area contributed by atoms with Crippen LogP contribution < -0.4 is 11.1 Å². The van der Waals surface area contributed by atoms with E-state index in [1.165, 1.54) is 0 Å². The van der Waals surface area contributed by atoms with Crippen molar-refractivity contribution in [1.82, 2.24) is 15.2 Å². The van der Waals surface area contributed by atoms with Gasteiger partial charge in [0.05, 0.1) is 23.0 Å². The first-order chi connectivity index (χ1) is 13.5. The number of primary amides is 1. The molecule has 1 fully saturated rings. The van der Waals surface area contributed by atoms with Gasteiger partial charge in [0, 0.05) is 24.0 Å². The maximum absolute atomic E-state index is 12.2. The van der Waals surface area contributed by atoms with E-state index in [4.69, 9.17) is 5.73 Å². The zero-order valence-corrected chi connectivity index (χ0v) is 17.1. The highest BCUT2D eigenvalue weighted by Gasteiger charge is 2.23. The first-order valence-electron chi connectivity index (χ1n) is 9.81. The van der Waals surface area contributed by atoms with Crippen LogP contribution in [-0.4, -0.2) is 47.9 Å². The van der Waals surface area contributed by atoms with Gasteiger partial charge in [-0.05, 0) is 44.8 Å². The van der Waals surface area contributed by atoms with Gasteiger partial charge in [-0.1, -0.05) is 24.3 Å². The Morgan fingerprint density at radius 3 is 2.79 bits per heavy atom. The van der Waals surface area contributed by atoms with E-state index in [0.29, 0.717) is 13.0 Å². The van der Waals surface area contributed by atoms with Crippen LogP contribution in [0.25, 0.3) is 11.3 Å². The van der Waals surface area contributed by atoms with E-state index in [0.717, 1.165) is 60.7 Å². The van der Waals surface area contributed by atoms with Crippen LogP contribution in [0.5, 0.6) is 0 Å². The molecule has 1 atom stereocenters. The van der Waals surface area contributed by atoms with Crippen molar-refractivity contribution >= 4 is 23.2 Å². The molecule has 0 bridgehead atoms. The Balaban J connectivity index is 1.37. The minimum absolute atomic E-state index is 0.0282. The van der Waals surface area contributed by atoms with Crippen LogP contribution >= 0.6 is 11.3 Å². The molecule has 2 heterocycles.